The highest BCUT2D eigenvalue weighted by Crippen LogP contribution is 2.52. The van der Waals surface area contributed by atoms with Gasteiger partial charge < -0.3 is 4.74 Å². The molecular formula is C15H20Cl2O. The number of hydrogen-bond donors (Lipinski definition) is 0. The van der Waals surface area contributed by atoms with Gasteiger partial charge in [-0.05, 0) is 42.4 Å². The minimum Gasteiger partial charge on any atom is -0.496 e. The lowest BCUT2D eigenvalue weighted by molar-refractivity contribution is 0.250. The molecule has 100 valence electrons. The summed E-state index contributed by atoms with van der Waals surface area (Å²) in [7, 11) is 1.68. The van der Waals surface area contributed by atoms with Crippen LogP contribution in [-0.4, -0.2) is 7.11 Å². The molecule has 2 rings (SSSR count). The normalized spacial score (nSPS) is 23.9. The smallest absolute Gasteiger partial charge is 0.123 e. The highest BCUT2D eigenvalue weighted by atomic mass is 35.5. The third-order valence-corrected chi connectivity index (χ3v) is 4.96. The topological polar surface area (TPSA) is 9.23 Å². The molecule has 1 aliphatic carbocycles. The number of ether oxygens (including phenoxy) is 1. The van der Waals surface area contributed by atoms with E-state index in [0.29, 0.717) is 16.4 Å². The number of alkyl halides is 1. The molecule has 1 saturated carbocycles. The second-order valence-electron chi connectivity index (χ2n) is 5.78. The molecule has 0 amide bonds. The molecule has 0 spiro atoms. The number of benzene rings is 1. The van der Waals surface area contributed by atoms with Crippen LogP contribution in [-0.2, 0) is 0 Å². The Kier molecular flexibility index (Phi) is 4.13. The van der Waals surface area contributed by atoms with E-state index in [1.807, 2.05) is 18.2 Å². The lowest BCUT2D eigenvalue weighted by Gasteiger charge is -2.31. The summed E-state index contributed by atoms with van der Waals surface area (Å²) >= 11 is 12.8. The van der Waals surface area contributed by atoms with Crippen LogP contribution < -0.4 is 4.74 Å². The van der Waals surface area contributed by atoms with E-state index in [1.54, 1.807) is 7.11 Å². The van der Waals surface area contributed by atoms with Gasteiger partial charge in [0, 0.05) is 10.6 Å². The van der Waals surface area contributed by atoms with Gasteiger partial charge in [-0.25, -0.2) is 0 Å². The molecule has 1 nitrogen and oxygen atoms in total. The third-order valence-electron chi connectivity index (χ3n) is 4.18. The minimum absolute atomic E-state index is 0.0313. The molecule has 2 atom stereocenters. The van der Waals surface area contributed by atoms with E-state index in [9.17, 15) is 0 Å². The predicted molar refractivity (Wildman–Crippen MR) is 77.7 cm³/mol. The second kappa shape index (κ2) is 5.30. The number of hydrogen-bond acceptors (Lipinski definition) is 1. The monoisotopic (exact) mass is 286 g/mol. The van der Waals surface area contributed by atoms with Crippen LogP contribution in [0.15, 0.2) is 18.2 Å². The summed E-state index contributed by atoms with van der Waals surface area (Å²) in [4.78, 5) is 0. The average Bonchev–Trinajstić information content (AvgIpc) is 2.68. The Morgan fingerprint density at radius 3 is 2.67 bits per heavy atom. The molecule has 3 heteroatoms. The van der Waals surface area contributed by atoms with Crippen molar-refractivity contribution in [1.82, 2.24) is 0 Å². The van der Waals surface area contributed by atoms with Gasteiger partial charge >= 0.3 is 0 Å². The lowest BCUT2D eigenvalue weighted by Crippen LogP contribution is -2.21. The molecule has 0 saturated heterocycles. The van der Waals surface area contributed by atoms with Crippen molar-refractivity contribution in [2.75, 3.05) is 7.11 Å². The van der Waals surface area contributed by atoms with E-state index < -0.39 is 0 Å². The maximum absolute atomic E-state index is 6.71. The summed E-state index contributed by atoms with van der Waals surface area (Å²) in [6, 6.07) is 5.68. The van der Waals surface area contributed by atoms with Gasteiger partial charge in [-0.15, -0.1) is 11.6 Å². The molecule has 1 fully saturated rings. The Bertz CT molecular complexity index is 429. The van der Waals surface area contributed by atoms with Gasteiger partial charge in [0.05, 0.1) is 12.5 Å². The van der Waals surface area contributed by atoms with Gasteiger partial charge in [-0.1, -0.05) is 31.9 Å². The summed E-state index contributed by atoms with van der Waals surface area (Å²) in [6.45, 7) is 4.61. The first-order valence-electron chi connectivity index (χ1n) is 6.43. The van der Waals surface area contributed by atoms with Crippen molar-refractivity contribution in [2.45, 2.75) is 38.5 Å². The van der Waals surface area contributed by atoms with Crippen LogP contribution in [0.5, 0.6) is 5.75 Å². The van der Waals surface area contributed by atoms with Crippen LogP contribution in [0, 0.1) is 11.3 Å². The van der Waals surface area contributed by atoms with Crippen LogP contribution >= 0.6 is 23.2 Å². The molecule has 2 unspecified atom stereocenters. The van der Waals surface area contributed by atoms with E-state index in [-0.39, 0.29) is 5.38 Å². The average molecular weight is 287 g/mol. The molecule has 0 N–H and O–H groups in total. The standard InChI is InChI=1S/C15H20Cl2O/c1-15(2)8-4-5-12(15)14(17)11-9-10(16)6-7-13(11)18-3/h6-7,9,12,14H,4-5,8H2,1-3H3. The molecule has 0 radical (unpaired) electrons. The maximum atomic E-state index is 6.71. The van der Waals surface area contributed by atoms with Crippen molar-refractivity contribution in [2.24, 2.45) is 11.3 Å². The zero-order chi connectivity index (χ0) is 13.3. The number of methoxy groups -OCH3 is 1. The van der Waals surface area contributed by atoms with Crippen LogP contribution in [0.2, 0.25) is 5.02 Å². The summed E-state index contributed by atoms with van der Waals surface area (Å²) in [5.74, 6) is 1.31. The molecule has 0 heterocycles. The van der Waals surface area contributed by atoms with Crippen LogP contribution in [0.4, 0.5) is 0 Å². The Morgan fingerprint density at radius 2 is 2.11 bits per heavy atom. The van der Waals surface area contributed by atoms with Gasteiger partial charge in [0.2, 0.25) is 0 Å². The van der Waals surface area contributed by atoms with E-state index in [1.165, 1.54) is 19.3 Å². The number of rotatable bonds is 3. The predicted octanol–water partition coefficient (Wildman–Crippen LogP) is 5.45. The first kappa shape index (κ1) is 14.0. The largest absolute Gasteiger partial charge is 0.496 e. The fourth-order valence-corrected chi connectivity index (χ4v) is 3.85. The highest BCUT2D eigenvalue weighted by molar-refractivity contribution is 6.31. The number of halogens is 2. The summed E-state index contributed by atoms with van der Waals surface area (Å²) in [5, 5.41) is 0.684. The van der Waals surface area contributed by atoms with Crippen molar-refractivity contribution in [3.63, 3.8) is 0 Å². The SMILES string of the molecule is COc1ccc(Cl)cc1C(Cl)C1CCCC1(C)C. The fraction of sp³-hybridized carbons (Fsp3) is 0.600. The first-order chi connectivity index (χ1) is 8.45. The third kappa shape index (κ3) is 2.62. The van der Waals surface area contributed by atoms with Crippen LogP contribution in [0.25, 0.3) is 0 Å². The Labute approximate surface area is 119 Å². The maximum Gasteiger partial charge on any atom is 0.123 e. The van der Waals surface area contributed by atoms with Crippen molar-refractivity contribution in [3.05, 3.63) is 28.8 Å². The van der Waals surface area contributed by atoms with Gasteiger partial charge in [0.15, 0.2) is 0 Å². The molecule has 18 heavy (non-hydrogen) atoms. The highest BCUT2D eigenvalue weighted by Gasteiger charge is 2.40. The van der Waals surface area contributed by atoms with Crippen LogP contribution in [0.1, 0.15) is 44.1 Å². The molecule has 0 aliphatic heterocycles. The van der Waals surface area contributed by atoms with Gasteiger partial charge in [-0.3, -0.25) is 0 Å². The van der Waals surface area contributed by atoms with Crippen molar-refractivity contribution >= 4 is 23.2 Å². The molecule has 1 aromatic rings. The van der Waals surface area contributed by atoms with Gasteiger partial charge in [-0.2, -0.15) is 0 Å². The zero-order valence-corrected chi connectivity index (χ0v) is 12.7. The van der Waals surface area contributed by atoms with Crippen molar-refractivity contribution < 1.29 is 4.74 Å². The quantitative estimate of drug-likeness (QED) is 0.671. The van der Waals surface area contributed by atoms with Crippen LogP contribution in [0.3, 0.4) is 0 Å². The molecule has 0 aromatic heterocycles. The zero-order valence-electron chi connectivity index (χ0n) is 11.2. The second-order valence-corrected chi connectivity index (χ2v) is 6.68. The van der Waals surface area contributed by atoms with Gasteiger partial charge in [0.1, 0.15) is 5.75 Å². The summed E-state index contributed by atoms with van der Waals surface area (Å²) in [5.41, 5.74) is 1.31. The Balaban J connectivity index is 2.33. The Morgan fingerprint density at radius 1 is 1.39 bits per heavy atom. The lowest BCUT2D eigenvalue weighted by atomic mass is 9.78. The van der Waals surface area contributed by atoms with E-state index in [4.69, 9.17) is 27.9 Å². The van der Waals surface area contributed by atoms with E-state index in [2.05, 4.69) is 13.8 Å². The van der Waals surface area contributed by atoms with E-state index >= 15 is 0 Å². The Hall–Kier alpha value is -0.400. The van der Waals surface area contributed by atoms with Crippen molar-refractivity contribution in [3.8, 4) is 5.75 Å². The van der Waals surface area contributed by atoms with Gasteiger partial charge in [0.25, 0.3) is 0 Å². The summed E-state index contributed by atoms with van der Waals surface area (Å²) in [6.07, 6.45) is 3.67. The van der Waals surface area contributed by atoms with Crippen molar-refractivity contribution in [1.29, 1.82) is 0 Å². The molecule has 1 aromatic carbocycles. The minimum atomic E-state index is -0.0313. The first-order valence-corrected chi connectivity index (χ1v) is 7.24. The fourth-order valence-electron chi connectivity index (χ4n) is 3.03. The molecule has 0 bridgehead atoms. The molecular weight excluding hydrogens is 267 g/mol. The van der Waals surface area contributed by atoms with E-state index in [0.717, 1.165) is 11.3 Å². The summed E-state index contributed by atoms with van der Waals surface area (Å²) < 4.78 is 5.41. The molecule has 1 aliphatic rings.